The molecule has 1 aromatic carbocycles. The minimum atomic E-state index is -3.69. The maximum absolute atomic E-state index is 11.2. The minimum absolute atomic E-state index is 0. The topological polar surface area (TPSA) is 105 Å². The molecule has 2 atom stereocenters. The molecule has 0 bridgehead atoms. The average molecular weight is 542 g/mol. The molecule has 1 heterocycles. The van der Waals surface area contributed by atoms with Crippen LogP contribution in [0.5, 0.6) is 5.75 Å². The van der Waals surface area contributed by atoms with Crippen LogP contribution in [0.4, 0.5) is 0 Å². The maximum atomic E-state index is 11.2. The summed E-state index contributed by atoms with van der Waals surface area (Å²) < 4.78 is 32.5. The maximum Gasteiger partial charge on any atom is 0.264 e. The Morgan fingerprint density at radius 1 is 1.50 bits per heavy atom. The van der Waals surface area contributed by atoms with Gasteiger partial charge in [0.15, 0.2) is 0 Å². The van der Waals surface area contributed by atoms with E-state index in [2.05, 4.69) is 4.99 Å². The van der Waals surface area contributed by atoms with Gasteiger partial charge in [0, 0.05) is 55.2 Å². The van der Waals surface area contributed by atoms with Crippen molar-refractivity contribution >= 4 is 16.0 Å². The van der Waals surface area contributed by atoms with Gasteiger partial charge in [-0.3, -0.25) is 4.18 Å². The van der Waals surface area contributed by atoms with Crippen molar-refractivity contribution in [3.8, 4) is 5.75 Å². The summed E-state index contributed by atoms with van der Waals surface area (Å²) in [6.07, 6.45) is -0.0785. The Bertz CT molecular complexity index is 660. The van der Waals surface area contributed by atoms with E-state index in [1.165, 1.54) is 0 Å². The number of hydrogen-bond acceptors (Lipinski definition) is 7. The number of hydrogen-bond donors (Lipinski definition) is 2. The largest absolute Gasteiger partial charge is 0.508 e. The molecule has 0 spiro atoms. The normalized spacial score (nSPS) is 19.0. The first-order valence-corrected chi connectivity index (χ1v) is 8.12. The van der Waals surface area contributed by atoms with Crippen molar-refractivity contribution in [3.05, 3.63) is 29.3 Å². The SMILES string of the molecule is Cc1c(O)cccc1C1=N[C@H]([C@H](CO)OS(C)(=O)=O)CO1.[Ac]. The van der Waals surface area contributed by atoms with E-state index in [0.717, 1.165) is 6.26 Å². The van der Waals surface area contributed by atoms with Crippen molar-refractivity contribution in [1.29, 1.82) is 0 Å². The standard InChI is InChI=1S/C13H17NO6S.Ac/c1-8-9(4-3-5-11(8)16)13-14-10(7-19-13)12(6-15)20-21(2,17)18;/h3-5,10,12,15-16H,6-7H2,1-2H3;/t10-,12-;/m0./s1. The molecule has 2 N–H and O–H groups in total. The van der Waals surface area contributed by atoms with Crippen molar-refractivity contribution in [2.24, 2.45) is 4.99 Å². The number of aliphatic hydroxyl groups excluding tert-OH is 1. The Balaban J connectivity index is 0.00000242. The fourth-order valence-electron chi connectivity index (χ4n) is 2.02. The molecule has 0 aromatic heterocycles. The summed E-state index contributed by atoms with van der Waals surface area (Å²) in [5.41, 5.74) is 1.23. The van der Waals surface area contributed by atoms with E-state index in [1.54, 1.807) is 25.1 Å². The number of aliphatic imine (C=N–C) groups is 1. The van der Waals surface area contributed by atoms with Crippen molar-refractivity contribution in [1.82, 2.24) is 0 Å². The predicted molar refractivity (Wildman–Crippen MR) is 75.9 cm³/mol. The molecule has 22 heavy (non-hydrogen) atoms. The molecule has 1 radical (unpaired) electrons. The van der Waals surface area contributed by atoms with Crippen molar-refractivity contribution in [2.45, 2.75) is 19.1 Å². The number of ether oxygens (including phenoxy) is 1. The second-order valence-corrected chi connectivity index (χ2v) is 6.38. The third kappa shape index (κ3) is 4.90. The van der Waals surface area contributed by atoms with E-state index in [-0.39, 0.29) is 56.4 Å². The van der Waals surface area contributed by atoms with Gasteiger partial charge in [-0.15, -0.1) is 0 Å². The number of aliphatic hydroxyl groups is 1. The summed E-state index contributed by atoms with van der Waals surface area (Å²) in [4.78, 5) is 4.25. The van der Waals surface area contributed by atoms with Crippen LogP contribution in [-0.2, 0) is 19.0 Å². The van der Waals surface area contributed by atoms with Gasteiger partial charge >= 0.3 is 0 Å². The van der Waals surface area contributed by atoms with E-state index in [1.807, 2.05) is 0 Å². The van der Waals surface area contributed by atoms with Crippen LogP contribution in [0.1, 0.15) is 11.1 Å². The average Bonchev–Trinajstić information content (AvgIpc) is 2.87. The van der Waals surface area contributed by atoms with Gasteiger partial charge in [-0.05, 0) is 19.1 Å². The number of phenols is 1. The van der Waals surface area contributed by atoms with Crippen LogP contribution in [0, 0.1) is 51.0 Å². The smallest absolute Gasteiger partial charge is 0.264 e. The number of benzene rings is 1. The van der Waals surface area contributed by atoms with Gasteiger partial charge in [-0.2, -0.15) is 8.42 Å². The first-order valence-electron chi connectivity index (χ1n) is 6.30. The van der Waals surface area contributed by atoms with Crippen LogP contribution in [0.2, 0.25) is 0 Å². The second-order valence-electron chi connectivity index (χ2n) is 4.78. The van der Waals surface area contributed by atoms with Crippen LogP contribution >= 0.6 is 0 Å². The fourth-order valence-corrected chi connectivity index (χ4v) is 2.66. The third-order valence-corrected chi connectivity index (χ3v) is 3.71. The van der Waals surface area contributed by atoms with Crippen molar-refractivity contribution in [2.75, 3.05) is 19.5 Å². The van der Waals surface area contributed by atoms with Gasteiger partial charge < -0.3 is 14.9 Å². The monoisotopic (exact) mass is 542 g/mol. The molecule has 0 aliphatic carbocycles. The van der Waals surface area contributed by atoms with Gasteiger partial charge in [0.25, 0.3) is 10.1 Å². The van der Waals surface area contributed by atoms with Crippen LogP contribution < -0.4 is 0 Å². The van der Waals surface area contributed by atoms with Crippen LogP contribution in [0.3, 0.4) is 0 Å². The Morgan fingerprint density at radius 3 is 2.77 bits per heavy atom. The number of rotatable bonds is 5. The molecule has 1 aliphatic heterocycles. The molecular weight excluding hydrogens is 525 g/mol. The van der Waals surface area contributed by atoms with Gasteiger partial charge in [-0.1, -0.05) is 6.07 Å². The van der Waals surface area contributed by atoms with Gasteiger partial charge in [-0.25, -0.2) is 4.99 Å². The van der Waals surface area contributed by atoms with Crippen molar-refractivity contribution < 1.29 is 71.6 Å². The Labute approximate surface area is 165 Å². The zero-order chi connectivity index (χ0) is 15.6. The van der Waals surface area contributed by atoms with E-state index in [4.69, 9.17) is 8.92 Å². The molecule has 7 nitrogen and oxygen atoms in total. The van der Waals surface area contributed by atoms with E-state index in [0.29, 0.717) is 17.0 Å². The number of phenolic OH excluding ortho intramolecular Hbond substituents is 1. The fraction of sp³-hybridized carbons (Fsp3) is 0.462. The molecule has 119 valence electrons. The quantitative estimate of drug-likeness (QED) is 0.515. The summed E-state index contributed by atoms with van der Waals surface area (Å²) in [5, 5.41) is 18.9. The van der Waals surface area contributed by atoms with Gasteiger partial charge in [0.2, 0.25) is 5.90 Å². The Hall–Kier alpha value is -0.198. The van der Waals surface area contributed by atoms with Crippen LogP contribution in [0.15, 0.2) is 23.2 Å². The molecule has 2 rings (SSSR count). The molecule has 1 aliphatic rings. The van der Waals surface area contributed by atoms with Gasteiger partial charge in [0.05, 0.1) is 12.9 Å². The molecule has 0 fully saturated rings. The zero-order valence-electron chi connectivity index (χ0n) is 12.3. The van der Waals surface area contributed by atoms with Gasteiger partial charge in [0.1, 0.15) is 24.5 Å². The molecule has 9 heteroatoms. The second kappa shape index (κ2) is 8.06. The summed E-state index contributed by atoms with van der Waals surface area (Å²) in [6, 6.07) is 4.32. The van der Waals surface area contributed by atoms with Crippen LogP contribution in [-0.4, -0.2) is 56.1 Å². The molecule has 0 saturated carbocycles. The molecule has 0 amide bonds. The Morgan fingerprint density at radius 2 is 2.18 bits per heavy atom. The minimum Gasteiger partial charge on any atom is -0.508 e. The van der Waals surface area contributed by atoms with E-state index in [9.17, 15) is 18.6 Å². The molecule has 0 unspecified atom stereocenters. The van der Waals surface area contributed by atoms with Crippen LogP contribution in [0.25, 0.3) is 0 Å². The van der Waals surface area contributed by atoms with E-state index >= 15 is 0 Å². The number of aromatic hydroxyl groups is 1. The molecule has 1 aromatic rings. The molecule has 0 saturated heterocycles. The molecular formula is C13H17AcNO6S. The third-order valence-electron chi connectivity index (χ3n) is 3.12. The predicted octanol–water partition coefficient (Wildman–Crippen LogP) is 0.183. The van der Waals surface area contributed by atoms with E-state index < -0.39 is 28.9 Å². The summed E-state index contributed by atoms with van der Waals surface area (Å²) in [5.74, 6) is 0.414. The Kier molecular flexibility index (Phi) is 7.28. The first kappa shape index (κ1) is 19.8. The van der Waals surface area contributed by atoms with Crippen molar-refractivity contribution in [3.63, 3.8) is 0 Å². The first-order chi connectivity index (χ1) is 9.81. The number of nitrogens with zero attached hydrogens (tertiary/aromatic N) is 1. The zero-order valence-corrected chi connectivity index (χ0v) is 17.8. The summed E-state index contributed by atoms with van der Waals surface area (Å²) in [6.45, 7) is 1.34. The summed E-state index contributed by atoms with van der Waals surface area (Å²) in [7, 11) is -3.69. The summed E-state index contributed by atoms with van der Waals surface area (Å²) >= 11 is 0.